The highest BCUT2D eigenvalue weighted by molar-refractivity contribution is 5.78. The van der Waals surface area contributed by atoms with Crippen molar-refractivity contribution in [2.75, 3.05) is 0 Å². The van der Waals surface area contributed by atoms with E-state index < -0.39 is 0 Å². The van der Waals surface area contributed by atoms with Crippen molar-refractivity contribution in [1.82, 2.24) is 15.0 Å². The Bertz CT molecular complexity index is 1970. The van der Waals surface area contributed by atoms with E-state index in [0.717, 1.165) is 53.5 Å². The van der Waals surface area contributed by atoms with Crippen LogP contribution in [0.2, 0.25) is 0 Å². The molecule has 1 aromatic heterocycles. The first-order valence-electron chi connectivity index (χ1n) is 14.2. The molecule has 42 heavy (non-hydrogen) atoms. The fraction of sp³-hybridized carbons (Fsp3) is 0.105. The molecule has 3 aromatic carbocycles. The largest absolute Gasteiger partial charge is 0.208 e. The van der Waals surface area contributed by atoms with Gasteiger partial charge in [0, 0.05) is 22.3 Å². The summed E-state index contributed by atoms with van der Waals surface area (Å²) in [5.41, 5.74) is 8.70. The maximum Gasteiger partial charge on any atom is 0.164 e. The second-order valence-electron chi connectivity index (χ2n) is 10.3. The molecule has 6 rings (SSSR count). The molecule has 0 saturated heterocycles. The quantitative estimate of drug-likeness (QED) is 0.230. The van der Waals surface area contributed by atoms with Crippen LogP contribution in [0, 0.1) is 11.3 Å². The molecular weight excluding hydrogens is 512 g/mol. The first-order chi connectivity index (χ1) is 20.7. The molecule has 2 aliphatic carbocycles. The Labute approximate surface area is 246 Å². The topological polar surface area (TPSA) is 62.5 Å². The number of nitriles is 1. The zero-order valence-corrected chi connectivity index (χ0v) is 23.4. The lowest BCUT2D eigenvalue weighted by molar-refractivity contribution is 0.928. The van der Waals surface area contributed by atoms with Crippen molar-refractivity contribution in [2.24, 2.45) is 0 Å². The van der Waals surface area contributed by atoms with Crippen LogP contribution in [0.3, 0.4) is 0 Å². The number of hydrogen-bond donors (Lipinski definition) is 0. The smallest absolute Gasteiger partial charge is 0.164 e. The van der Waals surface area contributed by atoms with Crippen molar-refractivity contribution >= 4 is 16.7 Å². The van der Waals surface area contributed by atoms with Crippen molar-refractivity contribution in [1.29, 1.82) is 5.26 Å². The van der Waals surface area contributed by atoms with Crippen LogP contribution in [0.1, 0.15) is 37.1 Å². The Morgan fingerprint density at radius 1 is 0.690 bits per heavy atom. The van der Waals surface area contributed by atoms with Crippen molar-refractivity contribution in [3.63, 3.8) is 0 Å². The molecule has 0 radical (unpaired) electrons. The van der Waals surface area contributed by atoms with Gasteiger partial charge < -0.3 is 0 Å². The van der Waals surface area contributed by atoms with Gasteiger partial charge in [0.15, 0.2) is 17.5 Å². The predicted octanol–water partition coefficient (Wildman–Crippen LogP) is 7.27. The highest BCUT2D eigenvalue weighted by atomic mass is 15.0. The van der Waals surface area contributed by atoms with E-state index in [2.05, 4.69) is 73.8 Å². The molecule has 0 spiro atoms. The molecule has 4 nitrogen and oxygen atoms in total. The molecule has 0 atom stereocenters. The number of hydrogen-bond acceptors (Lipinski definition) is 4. The van der Waals surface area contributed by atoms with Crippen LogP contribution in [0.25, 0.3) is 39.5 Å². The summed E-state index contributed by atoms with van der Waals surface area (Å²) in [6.45, 7) is 7.80. The summed E-state index contributed by atoms with van der Waals surface area (Å²) < 4.78 is 0. The van der Waals surface area contributed by atoms with Crippen molar-refractivity contribution in [3.05, 3.63) is 155 Å². The minimum absolute atomic E-state index is 0.559. The van der Waals surface area contributed by atoms with Crippen LogP contribution in [0.5, 0.6) is 0 Å². The summed E-state index contributed by atoms with van der Waals surface area (Å²) >= 11 is 0. The minimum Gasteiger partial charge on any atom is -0.208 e. The van der Waals surface area contributed by atoms with Gasteiger partial charge in [-0.25, -0.2) is 15.0 Å². The Balaban J connectivity index is 1.50. The van der Waals surface area contributed by atoms with E-state index in [1.165, 1.54) is 27.2 Å². The molecule has 0 amide bonds. The molecule has 4 aromatic rings. The third-order valence-corrected chi connectivity index (χ3v) is 7.80. The fourth-order valence-electron chi connectivity index (χ4n) is 5.70. The highest BCUT2D eigenvalue weighted by Crippen LogP contribution is 2.32. The zero-order chi connectivity index (χ0) is 28.9. The number of rotatable bonds is 7. The van der Waals surface area contributed by atoms with Crippen LogP contribution < -0.4 is 10.4 Å². The molecule has 0 unspecified atom stereocenters. The van der Waals surface area contributed by atoms with Crippen molar-refractivity contribution < 1.29 is 0 Å². The summed E-state index contributed by atoms with van der Waals surface area (Å²) in [5, 5.41) is 11.8. The Morgan fingerprint density at radius 2 is 1.36 bits per heavy atom. The maximum atomic E-state index is 9.28. The van der Waals surface area contributed by atoms with Gasteiger partial charge in [0.25, 0.3) is 0 Å². The van der Waals surface area contributed by atoms with Gasteiger partial charge in [0.05, 0.1) is 6.07 Å². The first-order valence-corrected chi connectivity index (χ1v) is 14.2. The van der Waals surface area contributed by atoms with E-state index in [0.29, 0.717) is 17.5 Å². The fourth-order valence-corrected chi connectivity index (χ4v) is 5.70. The monoisotopic (exact) mass is 542 g/mol. The van der Waals surface area contributed by atoms with Gasteiger partial charge in [-0.1, -0.05) is 110 Å². The third-order valence-electron chi connectivity index (χ3n) is 7.80. The number of aromatic nitrogens is 3. The van der Waals surface area contributed by atoms with Gasteiger partial charge in [-0.05, 0) is 70.5 Å². The molecule has 202 valence electrons. The molecule has 0 N–H and O–H groups in total. The summed E-state index contributed by atoms with van der Waals surface area (Å²) in [6.07, 6.45) is 13.0. The standard InChI is InChI=1S/C38H30N4/c1-3-11-27(4-2)36-40-37(29-12-6-5-7-13-29)42-38(41-36)31-15-10-14-30(24-31)33-23-22-32(34-16-8-9-17-35(33)34)28-20-18-26(25-39)19-21-28/h3-18,20,24H,1-2,19,21-23H2/b27-11+. The summed E-state index contributed by atoms with van der Waals surface area (Å²) in [7, 11) is 0. The molecule has 0 bridgehead atoms. The molecule has 1 heterocycles. The van der Waals surface area contributed by atoms with E-state index in [1.807, 2.05) is 42.5 Å². The van der Waals surface area contributed by atoms with Gasteiger partial charge in [-0.2, -0.15) is 5.26 Å². The van der Waals surface area contributed by atoms with Gasteiger partial charge in [0.2, 0.25) is 0 Å². The van der Waals surface area contributed by atoms with Gasteiger partial charge >= 0.3 is 0 Å². The van der Waals surface area contributed by atoms with Crippen molar-refractivity contribution in [2.45, 2.75) is 25.7 Å². The van der Waals surface area contributed by atoms with E-state index in [1.54, 1.807) is 12.2 Å². The average Bonchev–Trinajstić information content (AvgIpc) is 3.07. The minimum atomic E-state index is 0.559. The molecule has 2 aliphatic rings. The molecular formula is C38H30N4. The molecule has 4 heteroatoms. The van der Waals surface area contributed by atoms with Crippen LogP contribution in [-0.2, 0) is 0 Å². The lowest BCUT2D eigenvalue weighted by Crippen LogP contribution is -2.33. The summed E-state index contributed by atoms with van der Waals surface area (Å²) in [5.74, 6) is 1.78. The lowest BCUT2D eigenvalue weighted by Gasteiger charge is -2.21. The van der Waals surface area contributed by atoms with E-state index in [9.17, 15) is 5.26 Å². The van der Waals surface area contributed by atoms with Gasteiger partial charge in [0.1, 0.15) is 0 Å². The maximum absolute atomic E-state index is 9.28. The molecule has 0 fully saturated rings. The average molecular weight is 543 g/mol. The van der Waals surface area contributed by atoms with Crippen LogP contribution in [-0.4, -0.2) is 15.0 Å². The van der Waals surface area contributed by atoms with E-state index >= 15 is 0 Å². The van der Waals surface area contributed by atoms with Crippen LogP contribution in [0.15, 0.2) is 134 Å². The summed E-state index contributed by atoms with van der Waals surface area (Å²) in [6, 6.07) is 29.4. The molecule has 0 aliphatic heterocycles. The van der Waals surface area contributed by atoms with Crippen LogP contribution in [0.4, 0.5) is 0 Å². The first kappa shape index (κ1) is 26.8. The van der Waals surface area contributed by atoms with E-state index in [4.69, 9.17) is 15.0 Å². The van der Waals surface area contributed by atoms with Gasteiger partial charge in [-0.15, -0.1) is 0 Å². The highest BCUT2D eigenvalue weighted by Gasteiger charge is 2.18. The molecule has 0 saturated carbocycles. The zero-order valence-electron chi connectivity index (χ0n) is 23.4. The predicted molar refractivity (Wildman–Crippen MR) is 171 cm³/mol. The number of fused-ring (bicyclic) bond motifs is 1. The lowest BCUT2D eigenvalue weighted by atomic mass is 9.83. The van der Waals surface area contributed by atoms with Gasteiger partial charge in [-0.3, -0.25) is 0 Å². The van der Waals surface area contributed by atoms with Crippen molar-refractivity contribution in [3.8, 4) is 28.8 Å². The van der Waals surface area contributed by atoms with Crippen LogP contribution >= 0.6 is 0 Å². The number of benzene rings is 3. The Hall–Kier alpha value is -5.40. The second-order valence-corrected chi connectivity index (χ2v) is 10.3. The Morgan fingerprint density at radius 3 is 2.05 bits per heavy atom. The SMILES string of the molecule is C=C/C=C(\C=C)c1nc(-c2ccccc2)nc(-c2cccc(C3=c4ccccc4=C(C4=CC=C(C#N)CC4)CC3)c2)n1. The summed E-state index contributed by atoms with van der Waals surface area (Å²) in [4.78, 5) is 14.6. The number of allylic oxidation sites excluding steroid dienone is 8. The second kappa shape index (κ2) is 12.0. The number of nitrogens with zero attached hydrogens (tertiary/aromatic N) is 4. The Kier molecular flexibility index (Phi) is 7.66. The van der Waals surface area contributed by atoms with E-state index in [-0.39, 0.29) is 0 Å². The normalized spacial score (nSPS) is 14.8. The third kappa shape index (κ3) is 5.33.